The van der Waals surface area contributed by atoms with Crippen molar-refractivity contribution in [3.05, 3.63) is 34.9 Å². The maximum atomic E-state index is 12.4. The van der Waals surface area contributed by atoms with Crippen molar-refractivity contribution in [2.75, 3.05) is 45.9 Å². The van der Waals surface area contributed by atoms with Gasteiger partial charge in [-0.1, -0.05) is 23.7 Å². The number of piperidine rings is 1. The number of amides is 1. The van der Waals surface area contributed by atoms with Gasteiger partial charge in [0.2, 0.25) is 5.91 Å². The van der Waals surface area contributed by atoms with Gasteiger partial charge in [-0.15, -0.1) is 24.8 Å². The molecule has 160 valence electrons. The van der Waals surface area contributed by atoms with Crippen LogP contribution in [0.5, 0.6) is 0 Å². The molecule has 1 atom stereocenters. The summed E-state index contributed by atoms with van der Waals surface area (Å²) in [6, 6.07) is 8.10. The number of hydrogen-bond acceptors (Lipinski definition) is 4. The van der Waals surface area contributed by atoms with Crippen LogP contribution >= 0.6 is 36.4 Å². The number of rotatable bonds is 7. The third-order valence-electron chi connectivity index (χ3n) is 5.45. The van der Waals surface area contributed by atoms with Gasteiger partial charge in [0.25, 0.3) is 0 Å². The first-order chi connectivity index (χ1) is 12.7. The molecule has 3 rings (SSSR count). The maximum Gasteiger partial charge on any atom is 0.220 e. The van der Waals surface area contributed by atoms with Gasteiger partial charge >= 0.3 is 0 Å². The Labute approximate surface area is 185 Å². The zero-order valence-electron chi connectivity index (χ0n) is 16.2. The molecule has 0 radical (unpaired) electrons. The number of carbonyl (C=O) groups excluding carboxylic acids is 1. The van der Waals surface area contributed by atoms with Gasteiger partial charge in [0.15, 0.2) is 0 Å². The summed E-state index contributed by atoms with van der Waals surface area (Å²) < 4.78 is 5.48. The molecule has 0 aliphatic carbocycles. The van der Waals surface area contributed by atoms with E-state index in [9.17, 15) is 4.79 Å². The highest BCUT2D eigenvalue weighted by Crippen LogP contribution is 2.24. The number of carbonyl (C=O) groups is 1. The fraction of sp³-hybridized carbons (Fsp3) is 0.650. The lowest BCUT2D eigenvalue weighted by Crippen LogP contribution is -2.43. The molecule has 0 aromatic heterocycles. The highest BCUT2D eigenvalue weighted by molar-refractivity contribution is 6.30. The standard InChI is InChI=1S/C20H30ClN3O2.2ClH/c21-18-3-1-2-17(14-18)19(24-10-12-26-13-11-24)15-23-20(25)5-4-16-6-8-22-9-7-16;;/h1-3,14,16,19,22H,4-13,15H2,(H,23,25);2*1H. The molecule has 1 aromatic rings. The van der Waals surface area contributed by atoms with Gasteiger partial charge in [-0.25, -0.2) is 0 Å². The third-order valence-corrected chi connectivity index (χ3v) is 5.69. The predicted molar refractivity (Wildman–Crippen MR) is 119 cm³/mol. The molecule has 1 unspecified atom stereocenters. The second-order valence-electron chi connectivity index (χ2n) is 7.26. The largest absolute Gasteiger partial charge is 0.379 e. The molecule has 2 aliphatic rings. The number of morpholine rings is 1. The van der Waals surface area contributed by atoms with Crippen LogP contribution in [0.25, 0.3) is 0 Å². The molecule has 28 heavy (non-hydrogen) atoms. The van der Waals surface area contributed by atoms with Crippen LogP contribution in [0.15, 0.2) is 24.3 Å². The molecular weight excluding hydrogens is 421 g/mol. The van der Waals surface area contributed by atoms with Crippen molar-refractivity contribution in [3.63, 3.8) is 0 Å². The summed E-state index contributed by atoms with van der Waals surface area (Å²) in [5.41, 5.74) is 1.15. The highest BCUT2D eigenvalue weighted by atomic mass is 35.5. The number of nitrogens with zero attached hydrogens (tertiary/aromatic N) is 1. The lowest BCUT2D eigenvalue weighted by Gasteiger charge is -2.35. The second kappa shape index (κ2) is 13.6. The van der Waals surface area contributed by atoms with Gasteiger partial charge < -0.3 is 15.4 Å². The first-order valence-corrected chi connectivity index (χ1v) is 10.1. The zero-order chi connectivity index (χ0) is 18.2. The molecule has 1 aromatic carbocycles. The Bertz CT molecular complexity index is 580. The van der Waals surface area contributed by atoms with Crippen molar-refractivity contribution in [1.82, 2.24) is 15.5 Å². The minimum atomic E-state index is 0. The summed E-state index contributed by atoms with van der Waals surface area (Å²) >= 11 is 6.19. The van der Waals surface area contributed by atoms with Crippen LogP contribution < -0.4 is 10.6 Å². The highest BCUT2D eigenvalue weighted by Gasteiger charge is 2.23. The van der Waals surface area contributed by atoms with E-state index in [4.69, 9.17) is 16.3 Å². The normalized spacial score (nSPS) is 19.2. The zero-order valence-corrected chi connectivity index (χ0v) is 18.6. The average Bonchev–Trinajstić information content (AvgIpc) is 2.68. The van der Waals surface area contributed by atoms with E-state index in [0.29, 0.717) is 18.9 Å². The molecule has 2 aliphatic heterocycles. The number of ether oxygens (including phenoxy) is 1. The van der Waals surface area contributed by atoms with Gasteiger partial charge in [0.1, 0.15) is 0 Å². The molecule has 1 amide bonds. The van der Waals surface area contributed by atoms with E-state index in [1.165, 1.54) is 12.8 Å². The fourth-order valence-corrected chi connectivity index (χ4v) is 4.06. The first-order valence-electron chi connectivity index (χ1n) is 9.77. The number of hydrogen-bond donors (Lipinski definition) is 2. The number of halogens is 3. The van der Waals surface area contributed by atoms with E-state index in [1.54, 1.807) is 0 Å². The predicted octanol–water partition coefficient (Wildman–Crippen LogP) is 3.45. The Morgan fingerprint density at radius 2 is 1.96 bits per heavy atom. The van der Waals surface area contributed by atoms with Crippen molar-refractivity contribution in [1.29, 1.82) is 0 Å². The average molecular weight is 453 g/mol. The lowest BCUT2D eigenvalue weighted by atomic mass is 9.93. The van der Waals surface area contributed by atoms with Gasteiger partial charge in [-0.05, 0) is 56.0 Å². The van der Waals surface area contributed by atoms with Crippen molar-refractivity contribution in [2.45, 2.75) is 31.7 Å². The van der Waals surface area contributed by atoms with Crippen LogP contribution in [0.4, 0.5) is 0 Å². The van der Waals surface area contributed by atoms with Crippen LogP contribution in [0.2, 0.25) is 5.02 Å². The van der Waals surface area contributed by atoms with Crippen molar-refractivity contribution in [2.24, 2.45) is 5.92 Å². The van der Waals surface area contributed by atoms with E-state index >= 15 is 0 Å². The number of benzene rings is 1. The molecule has 8 heteroatoms. The Hall–Kier alpha value is -0.560. The van der Waals surface area contributed by atoms with E-state index < -0.39 is 0 Å². The fourth-order valence-electron chi connectivity index (χ4n) is 3.87. The van der Waals surface area contributed by atoms with Crippen LogP contribution in [-0.4, -0.2) is 56.7 Å². The molecule has 0 bridgehead atoms. The van der Waals surface area contributed by atoms with Crippen molar-refractivity contribution in [3.8, 4) is 0 Å². The molecule has 0 spiro atoms. The first kappa shape index (κ1) is 25.5. The molecule has 2 fully saturated rings. The second-order valence-corrected chi connectivity index (χ2v) is 7.69. The quantitative estimate of drug-likeness (QED) is 0.665. The minimum Gasteiger partial charge on any atom is -0.379 e. The summed E-state index contributed by atoms with van der Waals surface area (Å²) in [5, 5.41) is 7.27. The van der Waals surface area contributed by atoms with Gasteiger partial charge in [0, 0.05) is 31.1 Å². The summed E-state index contributed by atoms with van der Waals surface area (Å²) in [4.78, 5) is 14.8. The molecule has 2 heterocycles. The van der Waals surface area contributed by atoms with Gasteiger partial charge in [-0.2, -0.15) is 0 Å². The summed E-state index contributed by atoms with van der Waals surface area (Å²) in [7, 11) is 0. The van der Waals surface area contributed by atoms with Crippen LogP contribution in [-0.2, 0) is 9.53 Å². The Balaban J connectivity index is 0.00000196. The van der Waals surface area contributed by atoms with E-state index in [1.807, 2.05) is 18.2 Å². The van der Waals surface area contributed by atoms with E-state index in [2.05, 4.69) is 21.6 Å². The Morgan fingerprint density at radius 3 is 2.64 bits per heavy atom. The summed E-state index contributed by atoms with van der Waals surface area (Å²) in [6.07, 6.45) is 3.99. The summed E-state index contributed by atoms with van der Waals surface area (Å²) in [5.74, 6) is 0.841. The van der Waals surface area contributed by atoms with E-state index in [0.717, 1.165) is 56.4 Å². The van der Waals surface area contributed by atoms with Crippen molar-refractivity contribution < 1.29 is 9.53 Å². The van der Waals surface area contributed by atoms with Gasteiger partial charge in [0.05, 0.1) is 19.3 Å². The topological polar surface area (TPSA) is 53.6 Å². The molecule has 5 nitrogen and oxygen atoms in total. The maximum absolute atomic E-state index is 12.4. The molecular formula is C20H32Cl3N3O2. The molecule has 2 N–H and O–H groups in total. The lowest BCUT2D eigenvalue weighted by molar-refractivity contribution is -0.121. The Morgan fingerprint density at radius 1 is 1.25 bits per heavy atom. The van der Waals surface area contributed by atoms with Crippen LogP contribution in [0.3, 0.4) is 0 Å². The van der Waals surface area contributed by atoms with E-state index in [-0.39, 0.29) is 36.8 Å². The monoisotopic (exact) mass is 451 g/mol. The summed E-state index contributed by atoms with van der Waals surface area (Å²) in [6.45, 7) is 6.01. The smallest absolute Gasteiger partial charge is 0.220 e. The molecule has 0 saturated carbocycles. The number of nitrogens with one attached hydrogen (secondary N) is 2. The Kier molecular flexibility index (Phi) is 12.4. The van der Waals surface area contributed by atoms with Crippen LogP contribution in [0, 0.1) is 5.92 Å². The SMILES string of the molecule is Cl.Cl.O=C(CCC1CCNCC1)NCC(c1cccc(Cl)c1)N1CCOCC1. The van der Waals surface area contributed by atoms with Crippen LogP contribution in [0.1, 0.15) is 37.3 Å². The van der Waals surface area contributed by atoms with Gasteiger partial charge in [-0.3, -0.25) is 9.69 Å². The third kappa shape index (κ3) is 8.05. The minimum absolute atomic E-state index is 0. The molecule has 2 saturated heterocycles. The van der Waals surface area contributed by atoms with Crippen molar-refractivity contribution >= 4 is 42.3 Å².